The van der Waals surface area contributed by atoms with E-state index in [9.17, 15) is 14.4 Å². The van der Waals surface area contributed by atoms with Crippen molar-refractivity contribution < 1.29 is 33.3 Å². The number of nitrogens with zero attached hydrogens (tertiary/aromatic N) is 3. The highest BCUT2D eigenvalue weighted by molar-refractivity contribution is 5.75. The van der Waals surface area contributed by atoms with Crippen molar-refractivity contribution >= 4 is 17.9 Å². The lowest BCUT2D eigenvalue weighted by Crippen LogP contribution is -2.42. The molecule has 0 aromatic rings. The highest BCUT2D eigenvalue weighted by Crippen LogP contribution is 2.28. The molecule has 2 aliphatic rings. The second-order valence-electron chi connectivity index (χ2n) is 24.3. The first-order valence-electron chi connectivity index (χ1n) is 32.2. The fourth-order valence-electron chi connectivity index (χ4n) is 11.5. The zero-order valence-electron chi connectivity index (χ0n) is 50.3. The molecular formula is C64H123N3O7. The molecule has 2 heterocycles. The Morgan fingerprint density at radius 3 is 1.76 bits per heavy atom. The summed E-state index contributed by atoms with van der Waals surface area (Å²) in [5.41, 5.74) is -0.463. The average Bonchev–Trinajstić information content (AvgIpc) is 3.76. The Bertz CT molecular complexity index is 1310. The van der Waals surface area contributed by atoms with E-state index in [0.717, 1.165) is 148 Å². The van der Waals surface area contributed by atoms with Crippen LogP contribution in [0.5, 0.6) is 0 Å². The number of esters is 3. The van der Waals surface area contributed by atoms with Crippen molar-refractivity contribution in [1.29, 1.82) is 0 Å². The van der Waals surface area contributed by atoms with E-state index in [0.29, 0.717) is 32.1 Å². The summed E-state index contributed by atoms with van der Waals surface area (Å²) in [5.74, 6) is 0.643. The summed E-state index contributed by atoms with van der Waals surface area (Å²) in [4.78, 5) is 46.5. The molecule has 0 aromatic carbocycles. The molecule has 436 valence electrons. The molecule has 0 radical (unpaired) electrons. The Kier molecular flexibility index (Phi) is 41.7. The predicted octanol–water partition coefficient (Wildman–Crippen LogP) is 16.2. The van der Waals surface area contributed by atoms with Crippen LogP contribution in [0.1, 0.15) is 292 Å². The van der Waals surface area contributed by atoms with Crippen molar-refractivity contribution in [2.24, 2.45) is 11.3 Å². The van der Waals surface area contributed by atoms with Crippen LogP contribution in [0.2, 0.25) is 0 Å². The quantitative estimate of drug-likeness (QED) is 0.0333. The molecule has 0 bridgehead atoms. The third-order valence-electron chi connectivity index (χ3n) is 16.8. The second-order valence-corrected chi connectivity index (χ2v) is 24.3. The van der Waals surface area contributed by atoms with Gasteiger partial charge in [0.25, 0.3) is 0 Å². The van der Waals surface area contributed by atoms with Crippen LogP contribution in [0.15, 0.2) is 0 Å². The predicted molar refractivity (Wildman–Crippen MR) is 311 cm³/mol. The van der Waals surface area contributed by atoms with Crippen molar-refractivity contribution in [3.05, 3.63) is 0 Å². The second kappa shape index (κ2) is 45.1. The first-order chi connectivity index (χ1) is 35.9. The van der Waals surface area contributed by atoms with Crippen molar-refractivity contribution in [2.45, 2.75) is 316 Å². The minimum atomic E-state index is -0.463. The van der Waals surface area contributed by atoms with Crippen LogP contribution < -0.4 is 0 Å². The zero-order valence-corrected chi connectivity index (χ0v) is 50.3. The molecule has 0 spiro atoms. The van der Waals surface area contributed by atoms with Crippen molar-refractivity contribution in [1.82, 2.24) is 14.7 Å². The number of unbranched alkanes of at least 4 members (excludes halogenated alkanes) is 21. The van der Waals surface area contributed by atoms with E-state index in [1.807, 2.05) is 0 Å². The van der Waals surface area contributed by atoms with E-state index >= 15 is 0 Å². The van der Waals surface area contributed by atoms with Crippen LogP contribution in [0.4, 0.5) is 0 Å². The fraction of sp³-hybridized carbons (Fsp3) is 0.953. The monoisotopic (exact) mass is 1050 g/mol. The van der Waals surface area contributed by atoms with Gasteiger partial charge >= 0.3 is 17.9 Å². The van der Waals surface area contributed by atoms with Crippen molar-refractivity contribution in [3.63, 3.8) is 0 Å². The van der Waals surface area contributed by atoms with Crippen LogP contribution >= 0.6 is 0 Å². The van der Waals surface area contributed by atoms with Gasteiger partial charge in [-0.1, -0.05) is 182 Å². The Morgan fingerprint density at radius 2 is 1.12 bits per heavy atom. The first kappa shape index (κ1) is 68.4. The van der Waals surface area contributed by atoms with E-state index in [4.69, 9.17) is 18.9 Å². The lowest BCUT2D eigenvalue weighted by atomic mass is 9.87. The summed E-state index contributed by atoms with van der Waals surface area (Å²) in [6.07, 6.45) is 44.3. The smallest absolute Gasteiger partial charge is 0.311 e. The van der Waals surface area contributed by atoms with Crippen molar-refractivity contribution in [2.75, 3.05) is 66.6 Å². The third-order valence-corrected chi connectivity index (χ3v) is 16.8. The van der Waals surface area contributed by atoms with E-state index in [1.54, 1.807) is 0 Å². The summed E-state index contributed by atoms with van der Waals surface area (Å²) in [7, 11) is 4.34. The molecule has 2 rings (SSSR count). The van der Waals surface area contributed by atoms with Gasteiger partial charge in [-0.2, -0.15) is 0 Å². The molecule has 2 atom stereocenters. The number of hydrogen-bond donors (Lipinski definition) is 0. The number of piperidine rings is 1. The summed E-state index contributed by atoms with van der Waals surface area (Å²) in [5, 5.41) is 0. The molecule has 2 saturated heterocycles. The summed E-state index contributed by atoms with van der Waals surface area (Å²) in [6, 6.07) is 0.777. The Hall–Kier alpha value is -1.75. The normalized spacial score (nSPS) is 17.1. The highest BCUT2D eigenvalue weighted by atomic mass is 16.6. The summed E-state index contributed by atoms with van der Waals surface area (Å²) in [6.45, 7) is 19.8. The molecule has 0 N–H and O–H groups in total. The molecule has 74 heavy (non-hydrogen) atoms. The Balaban J connectivity index is 1.76. The maximum Gasteiger partial charge on any atom is 0.311 e. The first-order valence-corrected chi connectivity index (χ1v) is 32.2. The van der Waals surface area contributed by atoms with E-state index in [2.05, 4.69) is 70.3 Å². The van der Waals surface area contributed by atoms with Crippen LogP contribution in [0.25, 0.3) is 0 Å². The van der Waals surface area contributed by atoms with Gasteiger partial charge < -0.3 is 28.7 Å². The van der Waals surface area contributed by atoms with Crippen molar-refractivity contribution in [3.8, 4) is 0 Å². The number of carbonyl (C=O) groups excluding carboxylic acids is 3. The molecule has 0 aliphatic carbocycles. The van der Waals surface area contributed by atoms with Gasteiger partial charge in [0.2, 0.25) is 0 Å². The molecule has 10 nitrogen and oxygen atoms in total. The minimum Gasteiger partial charge on any atom is -0.465 e. The number of likely N-dealkylation sites (tertiary alicyclic amines) is 2. The minimum absolute atomic E-state index is 0.00126. The lowest BCUT2D eigenvalue weighted by molar-refractivity contribution is -0.154. The van der Waals surface area contributed by atoms with Crippen LogP contribution in [-0.2, 0) is 33.3 Å². The molecule has 0 saturated carbocycles. The van der Waals surface area contributed by atoms with Gasteiger partial charge in [-0.05, 0) is 131 Å². The van der Waals surface area contributed by atoms with E-state index < -0.39 is 5.41 Å². The highest BCUT2D eigenvalue weighted by Gasteiger charge is 2.35. The molecule has 0 amide bonds. The third kappa shape index (κ3) is 34.9. The summed E-state index contributed by atoms with van der Waals surface area (Å²) >= 11 is 0. The van der Waals surface area contributed by atoms with Crippen LogP contribution in [0.3, 0.4) is 0 Å². The van der Waals surface area contributed by atoms with Crippen LogP contribution in [0, 0.1) is 11.3 Å². The van der Waals surface area contributed by atoms with Gasteiger partial charge in [-0.15, -0.1) is 0 Å². The van der Waals surface area contributed by atoms with Gasteiger partial charge in [0.05, 0.1) is 25.0 Å². The fourth-order valence-corrected chi connectivity index (χ4v) is 11.5. The molecule has 0 aromatic heterocycles. The zero-order chi connectivity index (χ0) is 53.9. The van der Waals surface area contributed by atoms with Gasteiger partial charge in [0.1, 0.15) is 12.2 Å². The molecule has 10 heteroatoms. The van der Waals surface area contributed by atoms with E-state index in [1.165, 1.54) is 135 Å². The number of carbonyl (C=O) groups is 3. The van der Waals surface area contributed by atoms with Gasteiger partial charge in [-0.25, -0.2) is 0 Å². The Morgan fingerprint density at radius 1 is 0.595 bits per heavy atom. The maximum atomic E-state index is 13.2. The topological polar surface area (TPSA) is 97.9 Å². The molecule has 2 aliphatic heterocycles. The number of hydrogen-bond acceptors (Lipinski definition) is 10. The number of ether oxygens (including phenoxy) is 4. The largest absolute Gasteiger partial charge is 0.465 e. The standard InChI is InChI=1S/C64H123N3O7/c1-9-13-17-19-22-30-40-59(41-31-23-20-18-14-10-2)73-61(68)42-32-24-21-27-35-51-71-55-58-53-60(74-62(69)45-50-66(8)57-43-48-65(7)49-44-57)54-67(58)47-34-26-25-33-46-64(5,6)63(70)72-52-36-39-56(37-28-15-11-3)38-29-16-12-4/h56-60H,9-55H2,1-8H3/t58?,60-/m0/s1. The maximum absolute atomic E-state index is 13.2. The van der Waals surface area contributed by atoms with Gasteiger partial charge in [-0.3, -0.25) is 19.3 Å². The summed E-state index contributed by atoms with van der Waals surface area (Å²) < 4.78 is 24.5. The Labute approximate surface area is 458 Å². The molecular weight excluding hydrogens is 923 g/mol. The SMILES string of the molecule is CCCCCCCCC(CCCCCCCC)OC(=O)CCCCCCCOCC1C[C@H](OC(=O)CCN(C)C2CCN(C)CC2)CN1CCCCCCC(C)(C)C(=O)OCCCC(CCCCC)CCCCC. The average molecular weight is 1050 g/mol. The van der Waals surface area contributed by atoms with Gasteiger partial charge in [0, 0.05) is 44.6 Å². The molecule has 1 unspecified atom stereocenters. The lowest BCUT2D eigenvalue weighted by Gasteiger charge is -2.35. The van der Waals surface area contributed by atoms with Gasteiger partial charge in [0.15, 0.2) is 0 Å². The number of rotatable bonds is 50. The van der Waals surface area contributed by atoms with E-state index in [-0.39, 0.29) is 36.2 Å². The van der Waals surface area contributed by atoms with Crippen LogP contribution in [-0.4, -0.2) is 124 Å². The molecule has 2 fully saturated rings.